The molecular formula is C16H17F4NO. The Bertz CT molecular complexity index is 596. The second kappa shape index (κ2) is 5.66. The van der Waals surface area contributed by atoms with E-state index in [2.05, 4.69) is 4.90 Å². The molecule has 3 rings (SSSR count). The molecule has 0 saturated carbocycles. The molecule has 2 nitrogen and oxygen atoms in total. The first kappa shape index (κ1) is 15.5. The standard InChI is InChI=1S/C16H17F4NO/c1-21-13-5-10(6-14(21)9-22-8-13)4-11-2-3-12(7-15(11)17)16(18,19)20/h2-3,5,7,13-14H,4,6,8-9H2,1H3. The summed E-state index contributed by atoms with van der Waals surface area (Å²) < 4.78 is 57.1. The van der Waals surface area contributed by atoms with Gasteiger partial charge in [0.15, 0.2) is 0 Å². The topological polar surface area (TPSA) is 12.5 Å². The van der Waals surface area contributed by atoms with Crippen molar-refractivity contribution >= 4 is 0 Å². The lowest BCUT2D eigenvalue weighted by atomic mass is 9.90. The molecule has 2 atom stereocenters. The van der Waals surface area contributed by atoms with Crippen molar-refractivity contribution in [2.45, 2.75) is 31.1 Å². The van der Waals surface area contributed by atoms with E-state index in [-0.39, 0.29) is 12.1 Å². The van der Waals surface area contributed by atoms with Gasteiger partial charge in [0.05, 0.1) is 24.8 Å². The summed E-state index contributed by atoms with van der Waals surface area (Å²) in [6.07, 6.45) is -1.36. The normalized spacial score (nSPS) is 26.0. The summed E-state index contributed by atoms with van der Waals surface area (Å²) in [6.45, 7) is 1.24. The highest BCUT2D eigenvalue weighted by Gasteiger charge is 2.33. The van der Waals surface area contributed by atoms with Gasteiger partial charge in [0.2, 0.25) is 0 Å². The Kier molecular flexibility index (Phi) is 3.99. The fourth-order valence-electron chi connectivity index (χ4n) is 3.08. The van der Waals surface area contributed by atoms with Crippen molar-refractivity contribution in [3.63, 3.8) is 0 Å². The molecule has 2 heterocycles. The Labute approximate surface area is 126 Å². The van der Waals surface area contributed by atoms with Gasteiger partial charge in [-0.2, -0.15) is 13.2 Å². The Morgan fingerprint density at radius 3 is 2.68 bits per heavy atom. The summed E-state index contributed by atoms with van der Waals surface area (Å²) in [4.78, 5) is 2.23. The predicted molar refractivity (Wildman–Crippen MR) is 74.0 cm³/mol. The van der Waals surface area contributed by atoms with Gasteiger partial charge in [-0.05, 0) is 37.6 Å². The van der Waals surface area contributed by atoms with Crippen LogP contribution >= 0.6 is 0 Å². The minimum absolute atomic E-state index is 0.167. The van der Waals surface area contributed by atoms with Gasteiger partial charge in [0, 0.05) is 6.04 Å². The number of hydrogen-bond donors (Lipinski definition) is 0. The molecule has 0 N–H and O–H groups in total. The number of morpholine rings is 1. The van der Waals surface area contributed by atoms with Crippen molar-refractivity contribution in [2.24, 2.45) is 0 Å². The highest BCUT2D eigenvalue weighted by atomic mass is 19.4. The summed E-state index contributed by atoms with van der Waals surface area (Å²) in [5.41, 5.74) is 0.425. The molecular weight excluding hydrogens is 298 g/mol. The van der Waals surface area contributed by atoms with Crippen LogP contribution in [0.3, 0.4) is 0 Å². The molecule has 1 aromatic rings. The van der Waals surface area contributed by atoms with E-state index in [9.17, 15) is 17.6 Å². The van der Waals surface area contributed by atoms with Crippen molar-refractivity contribution in [1.82, 2.24) is 4.90 Å². The molecule has 6 heteroatoms. The number of nitrogens with zero attached hydrogens (tertiary/aromatic N) is 1. The van der Waals surface area contributed by atoms with E-state index in [0.29, 0.717) is 31.3 Å². The number of alkyl halides is 3. The number of halogens is 4. The van der Waals surface area contributed by atoms with Crippen LogP contribution in [0.15, 0.2) is 29.8 Å². The first-order valence-corrected chi connectivity index (χ1v) is 7.19. The van der Waals surface area contributed by atoms with E-state index in [1.807, 2.05) is 13.1 Å². The van der Waals surface area contributed by atoms with Gasteiger partial charge in [-0.25, -0.2) is 4.39 Å². The third-order valence-electron chi connectivity index (χ3n) is 4.42. The second-order valence-corrected chi connectivity index (χ2v) is 5.93. The number of likely N-dealkylation sites (N-methyl/N-ethyl adjacent to an activating group) is 1. The van der Waals surface area contributed by atoms with Crippen molar-refractivity contribution < 1.29 is 22.3 Å². The number of ether oxygens (including phenoxy) is 1. The van der Waals surface area contributed by atoms with Crippen LogP contribution < -0.4 is 0 Å². The Balaban J connectivity index is 1.79. The highest BCUT2D eigenvalue weighted by Crippen LogP contribution is 2.32. The first-order valence-electron chi connectivity index (χ1n) is 7.19. The third kappa shape index (κ3) is 3.03. The van der Waals surface area contributed by atoms with Gasteiger partial charge in [-0.15, -0.1) is 0 Å². The van der Waals surface area contributed by atoms with Crippen molar-refractivity contribution in [1.29, 1.82) is 0 Å². The lowest BCUT2D eigenvalue weighted by Crippen LogP contribution is -2.51. The van der Waals surface area contributed by atoms with Gasteiger partial charge >= 0.3 is 6.18 Å². The first-order chi connectivity index (χ1) is 10.3. The Morgan fingerprint density at radius 2 is 2.05 bits per heavy atom. The van der Waals surface area contributed by atoms with Crippen LogP contribution in [-0.2, 0) is 17.3 Å². The van der Waals surface area contributed by atoms with E-state index in [0.717, 1.165) is 18.1 Å². The molecule has 0 aromatic heterocycles. The highest BCUT2D eigenvalue weighted by molar-refractivity contribution is 5.31. The Hall–Kier alpha value is -1.40. The summed E-state index contributed by atoms with van der Waals surface area (Å²) in [5, 5.41) is 0. The molecule has 2 aliphatic heterocycles. The molecule has 1 aromatic carbocycles. The average molecular weight is 315 g/mol. The number of rotatable bonds is 2. The van der Waals surface area contributed by atoms with Gasteiger partial charge in [-0.1, -0.05) is 17.7 Å². The molecule has 2 bridgehead atoms. The van der Waals surface area contributed by atoms with Crippen molar-refractivity contribution in [2.75, 3.05) is 20.3 Å². The molecule has 0 radical (unpaired) electrons. The predicted octanol–water partition coefficient (Wildman–Crippen LogP) is 3.42. The van der Waals surface area contributed by atoms with E-state index < -0.39 is 17.6 Å². The Morgan fingerprint density at radius 1 is 1.27 bits per heavy atom. The summed E-state index contributed by atoms with van der Waals surface area (Å²) in [6, 6.07) is 3.19. The monoisotopic (exact) mass is 315 g/mol. The van der Waals surface area contributed by atoms with Gasteiger partial charge in [0.25, 0.3) is 0 Å². The molecule has 22 heavy (non-hydrogen) atoms. The molecule has 120 valence electrons. The molecule has 2 unspecified atom stereocenters. The van der Waals surface area contributed by atoms with E-state index in [1.165, 1.54) is 6.07 Å². The van der Waals surface area contributed by atoms with Gasteiger partial charge < -0.3 is 4.74 Å². The largest absolute Gasteiger partial charge is 0.416 e. The summed E-state index contributed by atoms with van der Waals surface area (Å²) in [7, 11) is 2.03. The fourth-order valence-corrected chi connectivity index (χ4v) is 3.08. The quantitative estimate of drug-likeness (QED) is 0.612. The van der Waals surface area contributed by atoms with Crippen LogP contribution in [0.5, 0.6) is 0 Å². The lowest BCUT2D eigenvalue weighted by molar-refractivity contribution is -0.137. The van der Waals surface area contributed by atoms with Crippen LogP contribution in [0.1, 0.15) is 17.5 Å². The minimum atomic E-state index is -4.51. The SMILES string of the molecule is CN1C2C=C(Cc3ccc(C(F)(F)F)cc3F)CC1COC2. The third-order valence-corrected chi connectivity index (χ3v) is 4.42. The summed E-state index contributed by atoms with van der Waals surface area (Å²) in [5.74, 6) is -0.795. The average Bonchev–Trinajstić information content (AvgIpc) is 2.41. The molecule has 1 saturated heterocycles. The van der Waals surface area contributed by atoms with E-state index in [4.69, 9.17) is 4.74 Å². The smallest absolute Gasteiger partial charge is 0.378 e. The van der Waals surface area contributed by atoms with Gasteiger partial charge in [-0.3, -0.25) is 4.90 Å². The molecule has 1 fully saturated rings. The molecule has 0 spiro atoms. The molecule has 0 amide bonds. The maximum atomic E-state index is 13.9. The number of benzene rings is 1. The number of hydrogen-bond acceptors (Lipinski definition) is 2. The maximum Gasteiger partial charge on any atom is 0.416 e. The second-order valence-electron chi connectivity index (χ2n) is 5.93. The zero-order chi connectivity index (χ0) is 15.9. The van der Waals surface area contributed by atoms with Crippen LogP contribution in [0, 0.1) is 5.82 Å². The van der Waals surface area contributed by atoms with Crippen LogP contribution in [0.25, 0.3) is 0 Å². The van der Waals surface area contributed by atoms with Crippen molar-refractivity contribution in [3.05, 3.63) is 46.8 Å². The zero-order valence-electron chi connectivity index (χ0n) is 12.2. The fraction of sp³-hybridized carbons (Fsp3) is 0.500. The van der Waals surface area contributed by atoms with Gasteiger partial charge in [0.1, 0.15) is 5.82 Å². The number of fused-ring (bicyclic) bond motifs is 2. The maximum absolute atomic E-state index is 13.9. The van der Waals surface area contributed by atoms with Crippen LogP contribution in [-0.4, -0.2) is 37.2 Å². The zero-order valence-corrected chi connectivity index (χ0v) is 12.2. The van der Waals surface area contributed by atoms with Crippen LogP contribution in [0.2, 0.25) is 0 Å². The van der Waals surface area contributed by atoms with E-state index in [1.54, 1.807) is 0 Å². The molecule has 2 aliphatic rings. The lowest BCUT2D eigenvalue weighted by Gasteiger charge is -2.42. The molecule has 0 aliphatic carbocycles. The minimum Gasteiger partial charge on any atom is -0.378 e. The van der Waals surface area contributed by atoms with Crippen LogP contribution in [0.4, 0.5) is 17.6 Å². The summed E-state index contributed by atoms with van der Waals surface area (Å²) >= 11 is 0. The van der Waals surface area contributed by atoms with Crippen molar-refractivity contribution in [3.8, 4) is 0 Å². The van der Waals surface area contributed by atoms with E-state index >= 15 is 0 Å².